The lowest BCUT2D eigenvalue weighted by Crippen LogP contribution is -2.12. The van der Waals surface area contributed by atoms with Crippen LogP contribution < -0.4 is 10.1 Å². The van der Waals surface area contributed by atoms with Crippen LogP contribution in [0.1, 0.15) is 17.7 Å². The Balaban J connectivity index is 1.93. The van der Waals surface area contributed by atoms with Crippen molar-refractivity contribution in [3.05, 3.63) is 47.7 Å². The molecular weight excluding hydrogens is 238 g/mol. The van der Waals surface area contributed by atoms with E-state index < -0.39 is 0 Å². The number of ether oxygens (including phenoxy) is 1. The van der Waals surface area contributed by atoms with Crippen molar-refractivity contribution in [2.45, 2.75) is 12.8 Å². The van der Waals surface area contributed by atoms with Crippen molar-refractivity contribution in [3.63, 3.8) is 0 Å². The predicted octanol–water partition coefficient (Wildman–Crippen LogP) is 3.10. The molecule has 4 nitrogen and oxygen atoms in total. The molecular formula is C15H13N3O. The summed E-state index contributed by atoms with van der Waals surface area (Å²) in [5.41, 5.74) is 2.66. The number of aryl methyl sites for hydroxylation is 1. The Morgan fingerprint density at radius 3 is 3.00 bits per heavy atom. The minimum absolute atomic E-state index is 0.357. The molecule has 0 aliphatic carbocycles. The van der Waals surface area contributed by atoms with Crippen molar-refractivity contribution in [3.8, 4) is 17.7 Å². The van der Waals surface area contributed by atoms with Gasteiger partial charge in [0.2, 0.25) is 5.88 Å². The van der Waals surface area contributed by atoms with Crippen LogP contribution in [0.5, 0.6) is 11.6 Å². The minimum atomic E-state index is 0.357. The third kappa shape index (κ3) is 2.36. The Bertz CT molecular complexity index is 646. The Hall–Kier alpha value is -2.54. The summed E-state index contributed by atoms with van der Waals surface area (Å²) in [5.74, 6) is 1.21. The Morgan fingerprint density at radius 2 is 2.11 bits per heavy atom. The Morgan fingerprint density at radius 1 is 1.21 bits per heavy atom. The molecule has 1 aromatic carbocycles. The lowest BCUT2D eigenvalue weighted by atomic mass is 10.0. The van der Waals surface area contributed by atoms with Gasteiger partial charge in [0, 0.05) is 12.6 Å². The standard InChI is InChI=1S/C15H13N3O/c16-10-12-6-2-8-14(18-12)19-13-7-1-4-11-5-3-9-17-15(11)13/h1-2,4,6-8,17H,3,5,9H2. The fraction of sp³-hybridized carbons (Fsp3) is 0.200. The quantitative estimate of drug-likeness (QED) is 0.891. The van der Waals surface area contributed by atoms with Gasteiger partial charge in [-0.05, 0) is 30.5 Å². The number of nitriles is 1. The predicted molar refractivity (Wildman–Crippen MR) is 72.3 cm³/mol. The molecule has 4 heteroatoms. The highest BCUT2D eigenvalue weighted by Gasteiger charge is 2.14. The van der Waals surface area contributed by atoms with Gasteiger partial charge in [-0.3, -0.25) is 0 Å². The number of fused-ring (bicyclic) bond motifs is 1. The number of nitrogens with one attached hydrogen (secondary N) is 1. The molecule has 94 valence electrons. The van der Waals surface area contributed by atoms with E-state index in [4.69, 9.17) is 10.00 Å². The molecule has 0 bridgehead atoms. The lowest BCUT2D eigenvalue weighted by Gasteiger charge is -2.20. The normalized spacial score (nSPS) is 13.0. The maximum absolute atomic E-state index is 8.84. The second-order valence-corrected chi connectivity index (χ2v) is 4.40. The van der Waals surface area contributed by atoms with Crippen LogP contribution in [-0.4, -0.2) is 11.5 Å². The van der Waals surface area contributed by atoms with Crippen LogP contribution in [0.2, 0.25) is 0 Å². The van der Waals surface area contributed by atoms with Gasteiger partial charge in [-0.15, -0.1) is 0 Å². The number of para-hydroxylation sites is 1. The summed E-state index contributed by atoms with van der Waals surface area (Å²) in [6.07, 6.45) is 2.20. The zero-order valence-corrected chi connectivity index (χ0v) is 10.4. The van der Waals surface area contributed by atoms with E-state index >= 15 is 0 Å². The molecule has 0 saturated carbocycles. The highest BCUT2D eigenvalue weighted by atomic mass is 16.5. The number of aromatic nitrogens is 1. The first-order valence-electron chi connectivity index (χ1n) is 6.27. The number of hydrogen-bond donors (Lipinski definition) is 1. The van der Waals surface area contributed by atoms with Gasteiger partial charge in [0.1, 0.15) is 11.8 Å². The molecule has 1 aromatic heterocycles. The molecule has 0 radical (unpaired) electrons. The van der Waals surface area contributed by atoms with E-state index in [1.807, 2.05) is 18.2 Å². The molecule has 1 N–H and O–H groups in total. The van der Waals surface area contributed by atoms with E-state index in [0.29, 0.717) is 11.6 Å². The third-order valence-electron chi connectivity index (χ3n) is 3.09. The van der Waals surface area contributed by atoms with Crippen LogP contribution in [0.25, 0.3) is 0 Å². The fourth-order valence-electron chi connectivity index (χ4n) is 2.21. The minimum Gasteiger partial charge on any atom is -0.437 e. The molecule has 0 fully saturated rings. The number of nitrogens with zero attached hydrogens (tertiary/aromatic N) is 2. The van der Waals surface area contributed by atoms with Crippen LogP contribution in [-0.2, 0) is 6.42 Å². The fourth-order valence-corrected chi connectivity index (χ4v) is 2.21. The Kier molecular flexibility index (Phi) is 3.03. The molecule has 0 atom stereocenters. The topological polar surface area (TPSA) is 57.9 Å². The van der Waals surface area contributed by atoms with Crippen LogP contribution in [0.4, 0.5) is 5.69 Å². The first-order chi connectivity index (χ1) is 9.36. The van der Waals surface area contributed by atoms with Crippen LogP contribution in [0.3, 0.4) is 0 Å². The second-order valence-electron chi connectivity index (χ2n) is 4.40. The number of benzene rings is 1. The molecule has 2 aromatic rings. The molecule has 19 heavy (non-hydrogen) atoms. The van der Waals surface area contributed by atoms with Crippen molar-refractivity contribution in [1.29, 1.82) is 5.26 Å². The summed E-state index contributed by atoms with van der Waals surface area (Å²) in [5, 5.41) is 12.2. The van der Waals surface area contributed by atoms with Crippen molar-refractivity contribution < 1.29 is 4.74 Å². The Labute approximate surface area is 111 Å². The average molecular weight is 251 g/mol. The summed E-state index contributed by atoms with van der Waals surface area (Å²) in [4.78, 5) is 4.12. The SMILES string of the molecule is N#Cc1cccc(Oc2cccc3c2NCCC3)n1. The van der Waals surface area contributed by atoms with Gasteiger partial charge in [-0.25, -0.2) is 4.98 Å². The average Bonchev–Trinajstić information content (AvgIpc) is 2.48. The lowest BCUT2D eigenvalue weighted by molar-refractivity contribution is 0.462. The van der Waals surface area contributed by atoms with Gasteiger partial charge in [-0.1, -0.05) is 18.2 Å². The van der Waals surface area contributed by atoms with Crippen molar-refractivity contribution in [1.82, 2.24) is 4.98 Å². The van der Waals surface area contributed by atoms with Crippen molar-refractivity contribution in [2.24, 2.45) is 0 Å². The van der Waals surface area contributed by atoms with E-state index in [-0.39, 0.29) is 0 Å². The smallest absolute Gasteiger partial charge is 0.220 e. The molecule has 1 aliphatic heterocycles. The molecule has 0 amide bonds. The van der Waals surface area contributed by atoms with E-state index in [0.717, 1.165) is 30.8 Å². The van der Waals surface area contributed by atoms with E-state index in [2.05, 4.69) is 16.4 Å². The molecule has 1 aliphatic rings. The maximum atomic E-state index is 8.84. The van der Waals surface area contributed by atoms with Gasteiger partial charge < -0.3 is 10.1 Å². The highest BCUT2D eigenvalue weighted by Crippen LogP contribution is 2.34. The second kappa shape index (κ2) is 4.99. The molecule has 2 heterocycles. The largest absolute Gasteiger partial charge is 0.437 e. The first-order valence-corrected chi connectivity index (χ1v) is 6.27. The zero-order valence-electron chi connectivity index (χ0n) is 10.4. The van der Waals surface area contributed by atoms with E-state index in [9.17, 15) is 0 Å². The summed E-state index contributed by atoms with van der Waals surface area (Å²) < 4.78 is 5.79. The first kappa shape index (κ1) is 11.5. The summed E-state index contributed by atoms with van der Waals surface area (Å²) >= 11 is 0. The van der Waals surface area contributed by atoms with Crippen molar-refractivity contribution in [2.75, 3.05) is 11.9 Å². The number of anilines is 1. The number of hydrogen-bond acceptors (Lipinski definition) is 4. The third-order valence-corrected chi connectivity index (χ3v) is 3.09. The highest BCUT2D eigenvalue weighted by molar-refractivity contribution is 5.64. The van der Waals surface area contributed by atoms with E-state index in [1.54, 1.807) is 18.2 Å². The molecule has 0 saturated heterocycles. The van der Waals surface area contributed by atoms with Crippen LogP contribution >= 0.6 is 0 Å². The van der Waals surface area contributed by atoms with Gasteiger partial charge >= 0.3 is 0 Å². The van der Waals surface area contributed by atoms with Gasteiger partial charge in [0.25, 0.3) is 0 Å². The van der Waals surface area contributed by atoms with Gasteiger partial charge in [0.05, 0.1) is 5.69 Å². The number of rotatable bonds is 2. The monoisotopic (exact) mass is 251 g/mol. The zero-order chi connectivity index (χ0) is 13.1. The van der Waals surface area contributed by atoms with Gasteiger partial charge in [-0.2, -0.15) is 5.26 Å². The molecule has 3 rings (SSSR count). The van der Waals surface area contributed by atoms with Crippen molar-refractivity contribution >= 4 is 5.69 Å². The van der Waals surface area contributed by atoms with Crippen LogP contribution in [0, 0.1) is 11.3 Å². The van der Waals surface area contributed by atoms with Crippen LogP contribution in [0.15, 0.2) is 36.4 Å². The summed E-state index contributed by atoms with van der Waals surface area (Å²) in [6.45, 7) is 0.957. The van der Waals surface area contributed by atoms with Gasteiger partial charge in [0.15, 0.2) is 5.75 Å². The summed E-state index contributed by atoms with van der Waals surface area (Å²) in [6, 6.07) is 13.2. The molecule has 0 unspecified atom stereocenters. The maximum Gasteiger partial charge on any atom is 0.220 e. The summed E-state index contributed by atoms with van der Waals surface area (Å²) in [7, 11) is 0. The number of pyridine rings is 1. The molecule has 0 spiro atoms. The van der Waals surface area contributed by atoms with E-state index in [1.165, 1.54) is 5.56 Å².